The van der Waals surface area contributed by atoms with Crippen LogP contribution in [0.2, 0.25) is 0 Å². The molecule has 0 aromatic heterocycles. The molecule has 0 spiro atoms. The number of esters is 1. The van der Waals surface area contributed by atoms with E-state index in [-0.39, 0.29) is 22.8 Å². The molecule has 0 atom stereocenters. The Labute approximate surface area is 187 Å². The number of hydrogen-bond acceptors (Lipinski definition) is 5. The lowest BCUT2D eigenvalue weighted by Gasteiger charge is -2.23. The number of ether oxygens (including phenoxy) is 2. The highest BCUT2D eigenvalue weighted by Crippen LogP contribution is 2.29. The number of aryl methyl sites for hydroxylation is 2. The van der Waals surface area contributed by atoms with Crippen LogP contribution in [-0.4, -0.2) is 28.0 Å². The highest BCUT2D eigenvalue weighted by Gasteiger charge is 2.25. The van der Waals surface area contributed by atoms with Crippen LogP contribution in [0.15, 0.2) is 65.6 Å². The highest BCUT2D eigenvalue weighted by atomic mass is 32.2. The number of carbonyl (C=O) groups excluding carboxylic acids is 1. The van der Waals surface area contributed by atoms with E-state index in [1.54, 1.807) is 57.2 Å². The number of sulfonamides is 1. The lowest BCUT2D eigenvalue weighted by atomic mass is 10.1. The molecule has 0 aliphatic heterocycles. The molecule has 0 unspecified atom stereocenters. The van der Waals surface area contributed by atoms with Crippen molar-refractivity contribution in [1.29, 1.82) is 0 Å². The third-order valence-corrected chi connectivity index (χ3v) is 6.88. The van der Waals surface area contributed by atoms with Gasteiger partial charge in [-0.2, -0.15) is 0 Å². The fraction of sp³-hybridized carbons (Fsp3) is 0.208. The van der Waals surface area contributed by atoms with Crippen molar-refractivity contribution in [3.8, 4) is 11.5 Å². The molecule has 0 heterocycles. The van der Waals surface area contributed by atoms with Gasteiger partial charge in [-0.1, -0.05) is 6.07 Å². The molecule has 0 N–H and O–H groups in total. The van der Waals surface area contributed by atoms with Crippen LogP contribution in [0.4, 0.5) is 10.1 Å². The predicted molar refractivity (Wildman–Crippen MR) is 120 cm³/mol. The topological polar surface area (TPSA) is 72.9 Å². The third-order valence-electron chi connectivity index (χ3n) is 4.98. The Kier molecular flexibility index (Phi) is 6.84. The van der Waals surface area contributed by atoms with Gasteiger partial charge in [-0.15, -0.1) is 0 Å². The molecule has 0 saturated heterocycles. The maximum absolute atomic E-state index is 13.4. The molecule has 0 saturated carbocycles. The Bertz CT molecular complexity index is 1240. The summed E-state index contributed by atoms with van der Waals surface area (Å²) in [6, 6.07) is 15.3. The van der Waals surface area contributed by atoms with Crippen molar-refractivity contribution in [2.24, 2.45) is 0 Å². The zero-order chi connectivity index (χ0) is 23.5. The average Bonchev–Trinajstić information content (AvgIpc) is 2.77. The van der Waals surface area contributed by atoms with E-state index < -0.39 is 16.0 Å². The second-order valence-electron chi connectivity index (χ2n) is 7.15. The van der Waals surface area contributed by atoms with Gasteiger partial charge in [-0.3, -0.25) is 4.31 Å². The first-order chi connectivity index (χ1) is 15.2. The summed E-state index contributed by atoms with van der Waals surface area (Å²) in [5.74, 6) is 0.0474. The second-order valence-corrected chi connectivity index (χ2v) is 9.01. The third kappa shape index (κ3) is 4.75. The van der Waals surface area contributed by atoms with Gasteiger partial charge < -0.3 is 9.47 Å². The lowest BCUT2D eigenvalue weighted by Crippen LogP contribution is -2.31. The predicted octanol–water partition coefficient (Wildman–Crippen LogP) is 5.24. The van der Waals surface area contributed by atoms with E-state index >= 15 is 0 Å². The Morgan fingerprint density at radius 3 is 2.19 bits per heavy atom. The Morgan fingerprint density at radius 2 is 1.59 bits per heavy atom. The van der Waals surface area contributed by atoms with Crippen LogP contribution >= 0.6 is 0 Å². The molecule has 0 fully saturated rings. The lowest BCUT2D eigenvalue weighted by molar-refractivity contribution is 0.0599. The molecule has 8 heteroatoms. The molecule has 0 aliphatic rings. The van der Waals surface area contributed by atoms with E-state index in [1.165, 1.54) is 35.7 Å². The van der Waals surface area contributed by atoms with Crippen molar-refractivity contribution in [2.45, 2.75) is 25.7 Å². The molecular weight excluding hydrogens is 433 g/mol. The van der Waals surface area contributed by atoms with Crippen LogP contribution in [0, 0.1) is 19.7 Å². The largest absolute Gasteiger partial charge is 0.465 e. The molecule has 0 amide bonds. The minimum absolute atomic E-state index is 0.00698. The Morgan fingerprint density at radius 1 is 0.938 bits per heavy atom. The van der Waals surface area contributed by atoms with E-state index in [0.717, 1.165) is 0 Å². The van der Waals surface area contributed by atoms with Crippen molar-refractivity contribution in [2.75, 3.05) is 18.0 Å². The molecule has 32 heavy (non-hydrogen) atoms. The van der Waals surface area contributed by atoms with Gasteiger partial charge in [0.15, 0.2) is 0 Å². The van der Waals surface area contributed by atoms with E-state index in [0.29, 0.717) is 28.3 Å². The summed E-state index contributed by atoms with van der Waals surface area (Å²) in [4.78, 5) is 12.0. The summed E-state index contributed by atoms with van der Waals surface area (Å²) in [6.45, 7) is 5.26. The minimum Gasteiger partial charge on any atom is -0.465 e. The van der Waals surface area contributed by atoms with Crippen molar-refractivity contribution >= 4 is 21.7 Å². The molecule has 0 aliphatic carbocycles. The molecule has 3 rings (SSSR count). The van der Waals surface area contributed by atoms with Crippen molar-refractivity contribution in [3.05, 3.63) is 83.2 Å². The summed E-state index contributed by atoms with van der Waals surface area (Å²) < 4.78 is 51.7. The SMILES string of the molecule is CCN(c1ccc(Oc2ccc(F)c(C)c2)cc1)S(=O)(=O)c1ccc(C)c(C(=O)OC)c1. The summed E-state index contributed by atoms with van der Waals surface area (Å²) in [6.07, 6.45) is 0. The van der Waals surface area contributed by atoms with Crippen LogP contribution in [0.3, 0.4) is 0 Å². The standard InChI is InChI=1S/C24H24FNO5S/c1-5-26(32(28,29)21-12-6-16(2)22(15-21)24(27)30-4)18-7-9-19(10-8-18)31-20-11-13-23(25)17(3)14-20/h6-15H,5H2,1-4H3. The molecule has 0 bridgehead atoms. The van der Waals surface area contributed by atoms with Gasteiger partial charge in [0.05, 0.1) is 23.3 Å². The first-order valence-electron chi connectivity index (χ1n) is 9.93. The maximum Gasteiger partial charge on any atom is 0.338 e. The van der Waals surface area contributed by atoms with Crippen LogP contribution in [0.5, 0.6) is 11.5 Å². The van der Waals surface area contributed by atoms with Gasteiger partial charge in [-0.05, 0) is 86.5 Å². The number of anilines is 1. The van der Waals surface area contributed by atoms with Crippen LogP contribution in [-0.2, 0) is 14.8 Å². The van der Waals surface area contributed by atoms with Crippen molar-refractivity contribution < 1.29 is 27.1 Å². The van der Waals surface area contributed by atoms with Gasteiger partial charge in [0, 0.05) is 6.54 Å². The summed E-state index contributed by atoms with van der Waals surface area (Å²) >= 11 is 0. The fourth-order valence-corrected chi connectivity index (χ4v) is 4.71. The monoisotopic (exact) mass is 457 g/mol. The van der Waals surface area contributed by atoms with Crippen LogP contribution < -0.4 is 9.04 Å². The first kappa shape index (κ1) is 23.3. The Hall–Kier alpha value is -3.39. The van der Waals surface area contributed by atoms with Crippen molar-refractivity contribution in [1.82, 2.24) is 0 Å². The first-order valence-corrected chi connectivity index (χ1v) is 11.4. The number of halogens is 1. The molecule has 0 radical (unpaired) electrons. The van der Waals surface area contributed by atoms with Crippen molar-refractivity contribution in [3.63, 3.8) is 0 Å². The zero-order valence-electron chi connectivity index (χ0n) is 18.3. The normalized spacial score (nSPS) is 11.2. The molecule has 3 aromatic carbocycles. The number of methoxy groups -OCH3 is 1. The quantitative estimate of drug-likeness (QED) is 0.454. The average molecular weight is 458 g/mol. The minimum atomic E-state index is -3.92. The summed E-state index contributed by atoms with van der Waals surface area (Å²) in [5.41, 5.74) is 1.72. The second kappa shape index (κ2) is 9.40. The smallest absolute Gasteiger partial charge is 0.338 e. The van der Waals surface area contributed by atoms with Gasteiger partial charge >= 0.3 is 5.97 Å². The number of carbonyl (C=O) groups is 1. The van der Waals surface area contributed by atoms with E-state index in [4.69, 9.17) is 9.47 Å². The van der Waals surface area contributed by atoms with E-state index in [1.807, 2.05) is 0 Å². The molecular formula is C24H24FNO5S. The highest BCUT2D eigenvalue weighted by molar-refractivity contribution is 7.92. The number of rotatable bonds is 7. The number of nitrogens with zero attached hydrogens (tertiary/aromatic N) is 1. The maximum atomic E-state index is 13.4. The van der Waals surface area contributed by atoms with E-state index in [9.17, 15) is 17.6 Å². The molecule has 6 nitrogen and oxygen atoms in total. The van der Waals surface area contributed by atoms with Gasteiger partial charge in [0.2, 0.25) is 0 Å². The van der Waals surface area contributed by atoms with Gasteiger partial charge in [-0.25, -0.2) is 17.6 Å². The fourth-order valence-electron chi connectivity index (χ4n) is 3.21. The molecule has 3 aromatic rings. The number of benzene rings is 3. The molecule has 168 valence electrons. The number of hydrogen-bond donors (Lipinski definition) is 0. The summed E-state index contributed by atoms with van der Waals surface area (Å²) in [7, 11) is -2.68. The summed E-state index contributed by atoms with van der Waals surface area (Å²) in [5, 5.41) is 0. The Balaban J connectivity index is 1.89. The van der Waals surface area contributed by atoms with Gasteiger partial charge in [0.25, 0.3) is 10.0 Å². The van der Waals surface area contributed by atoms with Gasteiger partial charge in [0.1, 0.15) is 17.3 Å². The van der Waals surface area contributed by atoms with E-state index in [2.05, 4.69) is 0 Å². The van der Waals surface area contributed by atoms with Crippen LogP contribution in [0.25, 0.3) is 0 Å². The zero-order valence-corrected chi connectivity index (χ0v) is 19.1. The van der Waals surface area contributed by atoms with Crippen LogP contribution in [0.1, 0.15) is 28.4 Å².